The quantitative estimate of drug-likeness (QED) is 0.774. The largest absolute Gasteiger partial charge is 0.393 e. The van der Waals surface area contributed by atoms with Gasteiger partial charge in [-0.2, -0.15) is 18.4 Å². The van der Waals surface area contributed by atoms with Crippen molar-refractivity contribution in [3.05, 3.63) is 0 Å². The minimum atomic E-state index is -4.42. The fourth-order valence-corrected chi connectivity index (χ4v) is 1.90. The SMILES string of the molecule is N#CCCN1C[C@@H](C(F)(F)F)[C@H](C(N)=O)C1. The third-order valence-electron chi connectivity index (χ3n) is 2.72. The van der Waals surface area contributed by atoms with Crippen LogP contribution in [0.1, 0.15) is 6.42 Å². The van der Waals surface area contributed by atoms with Gasteiger partial charge in [0.05, 0.1) is 17.9 Å². The number of nitrogens with two attached hydrogens (primary N) is 1. The summed E-state index contributed by atoms with van der Waals surface area (Å²) >= 11 is 0. The zero-order valence-corrected chi connectivity index (χ0v) is 8.50. The van der Waals surface area contributed by atoms with Gasteiger partial charge in [-0.25, -0.2) is 0 Å². The number of hydrogen-bond acceptors (Lipinski definition) is 3. The van der Waals surface area contributed by atoms with Crippen molar-refractivity contribution in [3.8, 4) is 6.07 Å². The predicted molar refractivity (Wildman–Crippen MR) is 48.9 cm³/mol. The smallest absolute Gasteiger partial charge is 0.369 e. The number of rotatable bonds is 3. The Morgan fingerprint density at radius 1 is 1.50 bits per heavy atom. The highest BCUT2D eigenvalue weighted by Crippen LogP contribution is 2.37. The van der Waals surface area contributed by atoms with Crippen LogP contribution < -0.4 is 5.73 Å². The highest BCUT2D eigenvalue weighted by molar-refractivity contribution is 5.77. The first-order valence-electron chi connectivity index (χ1n) is 4.81. The average Bonchev–Trinajstić information content (AvgIpc) is 2.58. The molecule has 0 aromatic carbocycles. The van der Waals surface area contributed by atoms with Crippen molar-refractivity contribution in [2.45, 2.75) is 12.6 Å². The van der Waals surface area contributed by atoms with E-state index < -0.39 is 23.9 Å². The number of likely N-dealkylation sites (tertiary alicyclic amines) is 1. The van der Waals surface area contributed by atoms with Crippen LogP contribution in [-0.2, 0) is 4.79 Å². The molecule has 0 aliphatic carbocycles. The van der Waals surface area contributed by atoms with Crippen LogP contribution in [0.5, 0.6) is 0 Å². The van der Waals surface area contributed by atoms with E-state index in [0.717, 1.165) is 0 Å². The zero-order valence-electron chi connectivity index (χ0n) is 8.50. The number of carbonyl (C=O) groups excluding carboxylic acids is 1. The standard InChI is InChI=1S/C9H12F3N3O/c10-9(11,12)7-5-15(3-1-2-13)4-6(7)8(14)16/h6-7H,1,3-5H2,(H2,14,16)/t6-,7-/m1/s1. The number of alkyl halides is 3. The van der Waals surface area contributed by atoms with Gasteiger partial charge in [0, 0.05) is 26.1 Å². The Morgan fingerprint density at radius 2 is 2.12 bits per heavy atom. The van der Waals surface area contributed by atoms with Crippen LogP contribution in [0.15, 0.2) is 0 Å². The molecule has 1 fully saturated rings. The minimum absolute atomic E-state index is 0.0127. The Balaban J connectivity index is 2.69. The van der Waals surface area contributed by atoms with E-state index in [0.29, 0.717) is 0 Å². The second-order valence-corrected chi connectivity index (χ2v) is 3.82. The topological polar surface area (TPSA) is 70.1 Å². The van der Waals surface area contributed by atoms with E-state index in [1.165, 1.54) is 4.90 Å². The summed E-state index contributed by atoms with van der Waals surface area (Å²) < 4.78 is 37.7. The van der Waals surface area contributed by atoms with E-state index >= 15 is 0 Å². The molecule has 2 atom stereocenters. The molecule has 90 valence electrons. The van der Waals surface area contributed by atoms with E-state index in [1.807, 2.05) is 6.07 Å². The van der Waals surface area contributed by atoms with Crippen LogP contribution in [0.3, 0.4) is 0 Å². The maximum Gasteiger partial charge on any atom is 0.393 e. The molecule has 1 aliphatic heterocycles. The molecule has 0 aromatic rings. The van der Waals surface area contributed by atoms with Crippen molar-refractivity contribution in [2.75, 3.05) is 19.6 Å². The molecule has 0 spiro atoms. The van der Waals surface area contributed by atoms with Gasteiger partial charge in [-0.1, -0.05) is 0 Å². The lowest BCUT2D eigenvalue weighted by molar-refractivity contribution is -0.182. The van der Waals surface area contributed by atoms with E-state index in [9.17, 15) is 18.0 Å². The predicted octanol–water partition coefficient (Wildman–Crippen LogP) is 0.496. The zero-order chi connectivity index (χ0) is 12.3. The van der Waals surface area contributed by atoms with Crippen LogP contribution in [0.25, 0.3) is 0 Å². The molecule has 16 heavy (non-hydrogen) atoms. The fourth-order valence-electron chi connectivity index (χ4n) is 1.90. The van der Waals surface area contributed by atoms with Crippen molar-refractivity contribution >= 4 is 5.91 Å². The first-order chi connectivity index (χ1) is 7.36. The summed E-state index contributed by atoms with van der Waals surface area (Å²) in [5.41, 5.74) is 4.95. The molecule has 7 heteroatoms. The Labute approximate surface area is 90.8 Å². The molecule has 0 saturated carbocycles. The maximum atomic E-state index is 12.6. The van der Waals surface area contributed by atoms with Crippen LogP contribution in [0.2, 0.25) is 0 Å². The lowest BCUT2D eigenvalue weighted by Gasteiger charge is -2.18. The Bertz CT molecular complexity index is 310. The number of hydrogen-bond donors (Lipinski definition) is 1. The van der Waals surface area contributed by atoms with Crippen molar-refractivity contribution in [2.24, 2.45) is 17.6 Å². The van der Waals surface area contributed by atoms with E-state index in [-0.39, 0.29) is 26.1 Å². The van der Waals surface area contributed by atoms with Gasteiger partial charge in [-0.15, -0.1) is 0 Å². The van der Waals surface area contributed by atoms with Gasteiger partial charge in [0.15, 0.2) is 0 Å². The summed E-state index contributed by atoms with van der Waals surface area (Å²) in [5, 5.41) is 8.34. The van der Waals surface area contributed by atoms with Crippen LogP contribution >= 0.6 is 0 Å². The number of primary amides is 1. The van der Waals surface area contributed by atoms with Crippen molar-refractivity contribution in [1.29, 1.82) is 5.26 Å². The number of nitrogens with zero attached hydrogens (tertiary/aromatic N) is 2. The second kappa shape index (κ2) is 4.70. The van der Waals surface area contributed by atoms with Crippen molar-refractivity contribution in [3.63, 3.8) is 0 Å². The van der Waals surface area contributed by atoms with Gasteiger partial charge in [0.25, 0.3) is 0 Å². The van der Waals surface area contributed by atoms with E-state index in [1.54, 1.807) is 0 Å². The number of carbonyl (C=O) groups is 1. The first kappa shape index (κ1) is 12.8. The third-order valence-corrected chi connectivity index (χ3v) is 2.72. The summed E-state index contributed by atoms with van der Waals surface area (Å²) in [6, 6.07) is 1.85. The molecule has 1 amide bonds. The summed E-state index contributed by atoms with van der Waals surface area (Å²) in [4.78, 5) is 12.4. The van der Waals surface area contributed by atoms with E-state index in [2.05, 4.69) is 0 Å². The summed E-state index contributed by atoms with van der Waals surface area (Å²) in [7, 11) is 0. The van der Waals surface area contributed by atoms with E-state index in [4.69, 9.17) is 11.0 Å². The van der Waals surface area contributed by atoms with Gasteiger partial charge >= 0.3 is 6.18 Å². The number of nitriles is 1. The Kier molecular flexibility index (Phi) is 3.75. The summed E-state index contributed by atoms with van der Waals surface area (Å²) in [5.74, 6) is -3.83. The molecular formula is C9H12F3N3O. The molecule has 0 bridgehead atoms. The van der Waals surface area contributed by atoms with Crippen LogP contribution in [-0.4, -0.2) is 36.6 Å². The monoisotopic (exact) mass is 235 g/mol. The average molecular weight is 235 g/mol. The first-order valence-corrected chi connectivity index (χ1v) is 4.81. The molecule has 1 rings (SSSR count). The summed E-state index contributed by atoms with van der Waals surface area (Å²) in [6.45, 7) is -0.0210. The molecular weight excluding hydrogens is 223 g/mol. The normalized spacial score (nSPS) is 26.6. The lowest BCUT2D eigenvalue weighted by atomic mass is 9.95. The molecule has 0 unspecified atom stereocenters. The molecule has 1 saturated heterocycles. The summed E-state index contributed by atoms with van der Waals surface area (Å²) in [6.07, 6.45) is -4.27. The molecule has 0 aromatic heterocycles. The van der Waals surface area contributed by atoms with Crippen molar-refractivity contribution in [1.82, 2.24) is 4.90 Å². The molecule has 1 aliphatic rings. The molecule has 2 N–H and O–H groups in total. The molecule has 0 radical (unpaired) electrons. The molecule has 1 heterocycles. The van der Waals surface area contributed by atoms with Gasteiger partial charge in [0.2, 0.25) is 5.91 Å². The van der Waals surface area contributed by atoms with Gasteiger partial charge in [-0.05, 0) is 0 Å². The highest BCUT2D eigenvalue weighted by Gasteiger charge is 2.51. The van der Waals surface area contributed by atoms with Crippen LogP contribution in [0.4, 0.5) is 13.2 Å². The Morgan fingerprint density at radius 3 is 2.50 bits per heavy atom. The molecule has 4 nitrogen and oxygen atoms in total. The fraction of sp³-hybridized carbons (Fsp3) is 0.778. The van der Waals surface area contributed by atoms with Gasteiger partial charge < -0.3 is 10.6 Å². The van der Waals surface area contributed by atoms with Gasteiger partial charge in [-0.3, -0.25) is 4.79 Å². The third kappa shape index (κ3) is 2.85. The highest BCUT2D eigenvalue weighted by atomic mass is 19.4. The van der Waals surface area contributed by atoms with Crippen molar-refractivity contribution < 1.29 is 18.0 Å². The number of halogens is 3. The lowest BCUT2D eigenvalue weighted by Crippen LogP contribution is -2.37. The maximum absolute atomic E-state index is 12.6. The number of amides is 1. The van der Waals surface area contributed by atoms with Gasteiger partial charge in [0.1, 0.15) is 0 Å². The Hall–Kier alpha value is -1.29. The minimum Gasteiger partial charge on any atom is -0.369 e. The second-order valence-electron chi connectivity index (χ2n) is 3.82. The van der Waals surface area contributed by atoms with Crippen LogP contribution in [0, 0.1) is 23.2 Å².